The van der Waals surface area contributed by atoms with Gasteiger partial charge in [0.25, 0.3) is 0 Å². The minimum atomic E-state index is 0.266. The summed E-state index contributed by atoms with van der Waals surface area (Å²) < 4.78 is 1.88. The Morgan fingerprint density at radius 1 is 1.28 bits per heavy atom. The molecule has 1 aliphatic heterocycles. The predicted octanol–water partition coefficient (Wildman–Crippen LogP) is 1.31. The van der Waals surface area contributed by atoms with Gasteiger partial charge in [-0.15, -0.1) is 0 Å². The van der Waals surface area contributed by atoms with Crippen molar-refractivity contribution in [1.29, 1.82) is 0 Å². The van der Waals surface area contributed by atoms with Gasteiger partial charge in [0.2, 0.25) is 0 Å². The largest absolute Gasteiger partial charge is 0.355 e. The van der Waals surface area contributed by atoms with Crippen LogP contribution in [0.3, 0.4) is 0 Å². The Kier molecular flexibility index (Phi) is 2.70. The number of rotatable bonds is 2. The van der Waals surface area contributed by atoms with E-state index < -0.39 is 0 Å². The van der Waals surface area contributed by atoms with Crippen LogP contribution in [0.4, 0.5) is 5.82 Å². The summed E-state index contributed by atoms with van der Waals surface area (Å²) in [6.45, 7) is 4.36. The molecule has 0 bridgehead atoms. The Morgan fingerprint density at radius 3 is 2.78 bits per heavy atom. The monoisotopic (exact) mass is 245 g/mol. The van der Waals surface area contributed by atoms with Crippen LogP contribution < -0.4 is 10.2 Å². The van der Waals surface area contributed by atoms with Gasteiger partial charge in [-0.05, 0) is 32.9 Å². The number of hydrogen-bond donors (Lipinski definition) is 1. The van der Waals surface area contributed by atoms with Crippen LogP contribution in [0.15, 0.2) is 24.7 Å². The molecule has 0 atom stereocenters. The fourth-order valence-corrected chi connectivity index (χ4v) is 2.55. The van der Waals surface area contributed by atoms with Gasteiger partial charge in [0.05, 0.1) is 6.20 Å². The van der Waals surface area contributed by atoms with E-state index in [4.69, 9.17) is 0 Å². The van der Waals surface area contributed by atoms with Crippen molar-refractivity contribution in [2.24, 2.45) is 0 Å². The molecular formula is C13H19N5. The standard InChI is InChI=1S/C13H19N5/c1-13(14-2)4-8-17(9-5-13)12-11-3-6-16-18(11)10-7-15-12/h3,6-7,10,14H,4-5,8-9H2,1-2H3. The Bertz CT molecular complexity index is 539. The van der Waals surface area contributed by atoms with Crippen LogP contribution in [-0.4, -0.2) is 40.3 Å². The van der Waals surface area contributed by atoms with E-state index in [1.165, 1.54) is 0 Å². The van der Waals surface area contributed by atoms with E-state index in [1.54, 1.807) is 0 Å². The number of anilines is 1. The molecule has 1 saturated heterocycles. The minimum absolute atomic E-state index is 0.266. The maximum Gasteiger partial charge on any atom is 0.154 e. The van der Waals surface area contributed by atoms with Crippen LogP contribution >= 0.6 is 0 Å². The van der Waals surface area contributed by atoms with Gasteiger partial charge in [-0.2, -0.15) is 5.10 Å². The molecular weight excluding hydrogens is 226 g/mol. The summed E-state index contributed by atoms with van der Waals surface area (Å²) in [7, 11) is 2.05. The van der Waals surface area contributed by atoms with Gasteiger partial charge in [0.1, 0.15) is 5.52 Å². The second-order valence-electron chi connectivity index (χ2n) is 5.21. The predicted molar refractivity (Wildman–Crippen MR) is 71.9 cm³/mol. The van der Waals surface area contributed by atoms with Gasteiger partial charge in [-0.1, -0.05) is 0 Å². The van der Waals surface area contributed by atoms with Crippen molar-refractivity contribution < 1.29 is 0 Å². The third-order valence-electron chi connectivity index (χ3n) is 4.07. The van der Waals surface area contributed by atoms with Crippen LogP contribution in [0, 0.1) is 0 Å². The molecule has 0 saturated carbocycles. The van der Waals surface area contributed by atoms with E-state index in [2.05, 4.69) is 27.2 Å². The highest BCUT2D eigenvalue weighted by Crippen LogP contribution is 2.26. The first kappa shape index (κ1) is 11.5. The first-order chi connectivity index (χ1) is 8.72. The molecule has 3 rings (SSSR count). The van der Waals surface area contributed by atoms with Crippen LogP contribution in [0.2, 0.25) is 0 Å². The number of aromatic nitrogens is 3. The molecule has 96 valence electrons. The first-order valence-electron chi connectivity index (χ1n) is 6.44. The number of fused-ring (bicyclic) bond motifs is 1. The summed E-state index contributed by atoms with van der Waals surface area (Å²) in [5, 5.41) is 7.68. The van der Waals surface area contributed by atoms with Gasteiger partial charge in [0, 0.05) is 31.0 Å². The Labute approximate surface area is 107 Å². The molecule has 0 aliphatic carbocycles. The Morgan fingerprint density at radius 2 is 2.06 bits per heavy atom. The van der Waals surface area contributed by atoms with Crippen molar-refractivity contribution in [2.75, 3.05) is 25.0 Å². The van der Waals surface area contributed by atoms with Gasteiger partial charge in [0.15, 0.2) is 5.82 Å². The Hall–Kier alpha value is -1.62. The lowest BCUT2D eigenvalue weighted by molar-refractivity contribution is 0.304. The number of hydrogen-bond acceptors (Lipinski definition) is 4. The molecule has 1 fully saturated rings. The van der Waals surface area contributed by atoms with E-state index in [0.717, 1.165) is 37.3 Å². The number of nitrogens with one attached hydrogen (secondary N) is 1. The normalized spacial score (nSPS) is 19.3. The Balaban J connectivity index is 1.86. The SMILES string of the molecule is CNC1(C)CCN(c2nccn3nccc23)CC1. The zero-order valence-corrected chi connectivity index (χ0v) is 10.9. The van der Waals surface area contributed by atoms with E-state index in [0.29, 0.717) is 0 Å². The maximum atomic E-state index is 4.52. The van der Waals surface area contributed by atoms with Gasteiger partial charge >= 0.3 is 0 Å². The minimum Gasteiger partial charge on any atom is -0.355 e. The highest BCUT2D eigenvalue weighted by atomic mass is 15.3. The second kappa shape index (κ2) is 4.24. The van der Waals surface area contributed by atoms with Gasteiger partial charge in [-0.25, -0.2) is 9.50 Å². The van der Waals surface area contributed by atoms with Crippen LogP contribution in [0.25, 0.3) is 5.52 Å². The average molecular weight is 245 g/mol. The summed E-state index contributed by atoms with van der Waals surface area (Å²) in [5.41, 5.74) is 1.35. The summed E-state index contributed by atoms with van der Waals surface area (Å²) in [4.78, 5) is 6.88. The summed E-state index contributed by atoms with van der Waals surface area (Å²) in [5.74, 6) is 1.05. The summed E-state index contributed by atoms with van der Waals surface area (Å²) in [6.07, 6.45) is 7.81. The molecule has 3 heterocycles. The molecule has 0 radical (unpaired) electrons. The van der Waals surface area contributed by atoms with Crippen molar-refractivity contribution in [3.8, 4) is 0 Å². The lowest BCUT2D eigenvalue weighted by Gasteiger charge is -2.39. The van der Waals surface area contributed by atoms with Crippen molar-refractivity contribution >= 4 is 11.3 Å². The fraction of sp³-hybridized carbons (Fsp3) is 0.538. The van der Waals surface area contributed by atoms with Crippen LogP contribution in [0.1, 0.15) is 19.8 Å². The molecule has 0 spiro atoms. The molecule has 2 aromatic heterocycles. The molecule has 1 aliphatic rings. The van der Waals surface area contributed by atoms with Crippen molar-refractivity contribution in [1.82, 2.24) is 19.9 Å². The van der Waals surface area contributed by atoms with Crippen molar-refractivity contribution in [3.05, 3.63) is 24.7 Å². The van der Waals surface area contributed by atoms with E-state index in [-0.39, 0.29) is 5.54 Å². The molecule has 5 nitrogen and oxygen atoms in total. The zero-order valence-electron chi connectivity index (χ0n) is 10.9. The fourth-order valence-electron chi connectivity index (χ4n) is 2.55. The number of piperidine rings is 1. The number of nitrogens with zero attached hydrogens (tertiary/aromatic N) is 4. The molecule has 5 heteroatoms. The van der Waals surface area contributed by atoms with Crippen molar-refractivity contribution in [2.45, 2.75) is 25.3 Å². The third-order valence-corrected chi connectivity index (χ3v) is 4.07. The quantitative estimate of drug-likeness (QED) is 0.866. The van der Waals surface area contributed by atoms with Gasteiger partial charge in [-0.3, -0.25) is 0 Å². The summed E-state index contributed by atoms with van der Waals surface area (Å²) >= 11 is 0. The van der Waals surface area contributed by atoms with Crippen LogP contribution in [-0.2, 0) is 0 Å². The smallest absolute Gasteiger partial charge is 0.154 e. The molecule has 1 N–H and O–H groups in total. The van der Waals surface area contributed by atoms with Crippen molar-refractivity contribution in [3.63, 3.8) is 0 Å². The topological polar surface area (TPSA) is 45.5 Å². The first-order valence-corrected chi connectivity index (χ1v) is 6.44. The third kappa shape index (κ3) is 1.84. The molecule has 18 heavy (non-hydrogen) atoms. The van der Waals surface area contributed by atoms with E-state index >= 15 is 0 Å². The molecule has 0 aromatic carbocycles. The second-order valence-corrected chi connectivity index (χ2v) is 5.21. The highest BCUT2D eigenvalue weighted by Gasteiger charge is 2.29. The zero-order chi connectivity index (χ0) is 12.6. The lowest BCUT2D eigenvalue weighted by Crippen LogP contribution is -2.50. The molecule has 0 unspecified atom stereocenters. The van der Waals surface area contributed by atoms with Gasteiger partial charge < -0.3 is 10.2 Å². The highest BCUT2D eigenvalue weighted by molar-refractivity contribution is 5.68. The lowest BCUT2D eigenvalue weighted by atomic mass is 9.90. The van der Waals surface area contributed by atoms with E-state index in [9.17, 15) is 0 Å². The van der Waals surface area contributed by atoms with E-state index in [1.807, 2.05) is 36.2 Å². The average Bonchev–Trinajstić information content (AvgIpc) is 2.88. The van der Waals surface area contributed by atoms with Crippen LogP contribution in [0.5, 0.6) is 0 Å². The maximum absolute atomic E-state index is 4.52. The molecule has 2 aromatic rings. The summed E-state index contributed by atoms with van der Waals surface area (Å²) in [6, 6.07) is 2.02. The molecule has 0 amide bonds.